The van der Waals surface area contributed by atoms with E-state index in [4.69, 9.17) is 33.2 Å². The van der Waals surface area contributed by atoms with Gasteiger partial charge in [0.2, 0.25) is 5.91 Å². The fourth-order valence-corrected chi connectivity index (χ4v) is 4.11. The normalized spacial score (nSPS) is 11.8. The van der Waals surface area contributed by atoms with Crippen molar-refractivity contribution in [1.29, 1.82) is 5.26 Å². The highest BCUT2D eigenvalue weighted by Crippen LogP contribution is 2.26. The van der Waals surface area contributed by atoms with E-state index in [2.05, 4.69) is 10.3 Å². The Hall–Kier alpha value is -2.57. The first kappa shape index (κ1) is 23.1. The Morgan fingerprint density at radius 3 is 2.77 bits per heavy atom. The van der Waals surface area contributed by atoms with Crippen molar-refractivity contribution in [3.63, 3.8) is 0 Å². The van der Waals surface area contributed by atoms with Crippen LogP contribution >= 0.6 is 35.0 Å². The second kappa shape index (κ2) is 10.2. The van der Waals surface area contributed by atoms with Crippen molar-refractivity contribution in [3.8, 4) is 6.07 Å². The molecule has 31 heavy (non-hydrogen) atoms. The number of nitrogens with one attached hydrogen (secondary N) is 1. The number of ether oxygens (including phenoxy) is 1. The molecule has 0 aliphatic heterocycles. The number of hydrogen-bond acceptors (Lipinski definition) is 6. The number of benzene rings is 2. The number of methoxy groups -OCH3 is 1. The van der Waals surface area contributed by atoms with Gasteiger partial charge in [0, 0.05) is 17.8 Å². The van der Waals surface area contributed by atoms with E-state index in [0.29, 0.717) is 45.5 Å². The summed E-state index contributed by atoms with van der Waals surface area (Å²) in [6.07, 6.45) is 0. The summed E-state index contributed by atoms with van der Waals surface area (Å²) >= 11 is 13.2. The van der Waals surface area contributed by atoms with Crippen molar-refractivity contribution in [2.24, 2.45) is 0 Å². The molecule has 1 amide bonds. The first-order chi connectivity index (χ1) is 14.8. The zero-order chi connectivity index (χ0) is 22.5. The zero-order valence-corrected chi connectivity index (χ0v) is 19.0. The molecule has 2 aromatic carbocycles. The van der Waals surface area contributed by atoms with Gasteiger partial charge in [-0.25, -0.2) is 4.98 Å². The fraction of sp³-hybridized carbons (Fsp3) is 0.238. The van der Waals surface area contributed by atoms with Gasteiger partial charge in [0.05, 0.1) is 39.9 Å². The van der Waals surface area contributed by atoms with Crippen LogP contribution in [-0.2, 0) is 16.1 Å². The maximum Gasteiger partial charge on any atom is 0.262 e. The van der Waals surface area contributed by atoms with Gasteiger partial charge in [0.15, 0.2) is 5.16 Å². The van der Waals surface area contributed by atoms with Gasteiger partial charge in [-0.2, -0.15) is 5.26 Å². The third-order valence-electron chi connectivity index (χ3n) is 4.41. The summed E-state index contributed by atoms with van der Waals surface area (Å²) in [7, 11) is 1.55. The number of carbonyl (C=O) groups excluding carboxylic acids is 1. The number of aromatic nitrogens is 2. The van der Waals surface area contributed by atoms with E-state index in [0.717, 1.165) is 11.8 Å². The molecule has 0 aliphatic rings. The summed E-state index contributed by atoms with van der Waals surface area (Å²) in [6.45, 7) is 2.32. The lowest BCUT2D eigenvalue weighted by Gasteiger charge is -2.16. The number of amides is 1. The Morgan fingerprint density at radius 1 is 1.32 bits per heavy atom. The number of carbonyl (C=O) groups is 1. The smallest absolute Gasteiger partial charge is 0.262 e. The molecule has 1 N–H and O–H groups in total. The minimum atomic E-state index is -0.577. The van der Waals surface area contributed by atoms with Gasteiger partial charge in [0.25, 0.3) is 5.56 Å². The van der Waals surface area contributed by atoms with Crippen LogP contribution < -0.4 is 10.9 Å². The molecule has 3 aromatic rings. The number of fused-ring (bicyclic) bond motifs is 1. The van der Waals surface area contributed by atoms with Crippen LogP contribution in [0.5, 0.6) is 0 Å². The van der Waals surface area contributed by atoms with Gasteiger partial charge in [0.1, 0.15) is 6.07 Å². The molecular formula is C21H18Cl2N4O3S. The molecule has 160 valence electrons. The maximum atomic E-state index is 13.0. The summed E-state index contributed by atoms with van der Waals surface area (Å²) < 4.78 is 6.61. The first-order valence-electron chi connectivity index (χ1n) is 9.20. The van der Waals surface area contributed by atoms with Gasteiger partial charge in [-0.05, 0) is 43.3 Å². The molecule has 0 bridgehead atoms. The standard InChI is InChI=1S/C21H18Cl2N4O3S/c1-12(19(28)25-15-5-3-13(11-24)17(23)10-15)31-21-26-18-9-14(22)4-6-16(18)20(29)27(21)7-8-30-2/h3-6,9-10,12H,7-8H2,1-2H3,(H,25,28). The lowest BCUT2D eigenvalue weighted by molar-refractivity contribution is -0.115. The van der Waals surface area contributed by atoms with Crippen molar-refractivity contribution < 1.29 is 9.53 Å². The van der Waals surface area contributed by atoms with Crippen LogP contribution in [0, 0.1) is 11.3 Å². The van der Waals surface area contributed by atoms with Gasteiger partial charge >= 0.3 is 0 Å². The predicted molar refractivity (Wildman–Crippen MR) is 123 cm³/mol. The SMILES string of the molecule is COCCn1c(SC(C)C(=O)Nc2ccc(C#N)c(Cl)c2)nc2cc(Cl)ccc2c1=O. The van der Waals surface area contributed by atoms with Gasteiger partial charge < -0.3 is 10.1 Å². The molecule has 0 saturated carbocycles. The number of thioether (sulfide) groups is 1. The monoisotopic (exact) mass is 476 g/mol. The summed E-state index contributed by atoms with van der Waals surface area (Å²) in [5, 5.41) is 12.7. The van der Waals surface area contributed by atoms with Crippen LogP contribution in [0.3, 0.4) is 0 Å². The number of halogens is 2. The van der Waals surface area contributed by atoms with Crippen LogP contribution in [0.1, 0.15) is 12.5 Å². The minimum Gasteiger partial charge on any atom is -0.383 e. The summed E-state index contributed by atoms with van der Waals surface area (Å²) in [6, 6.07) is 11.5. The number of anilines is 1. The molecule has 0 fully saturated rings. The fourth-order valence-electron chi connectivity index (χ4n) is 2.78. The maximum absolute atomic E-state index is 13.0. The molecule has 0 spiro atoms. The van der Waals surface area contributed by atoms with Crippen LogP contribution in [-0.4, -0.2) is 34.4 Å². The van der Waals surface area contributed by atoms with E-state index >= 15 is 0 Å². The van der Waals surface area contributed by atoms with Crippen molar-refractivity contribution in [2.75, 3.05) is 19.0 Å². The number of nitrogens with zero attached hydrogens (tertiary/aromatic N) is 3. The highest BCUT2D eigenvalue weighted by Gasteiger charge is 2.20. The van der Waals surface area contributed by atoms with E-state index in [-0.39, 0.29) is 16.5 Å². The molecule has 0 aliphatic carbocycles. The molecule has 1 atom stereocenters. The third-order valence-corrected chi connectivity index (χ3v) is 6.05. The molecule has 1 aromatic heterocycles. The van der Waals surface area contributed by atoms with Crippen LogP contribution in [0.2, 0.25) is 10.0 Å². The zero-order valence-electron chi connectivity index (χ0n) is 16.7. The average molecular weight is 477 g/mol. The minimum absolute atomic E-state index is 0.229. The van der Waals surface area contributed by atoms with Crippen molar-refractivity contribution in [1.82, 2.24) is 9.55 Å². The molecule has 0 radical (unpaired) electrons. The van der Waals surface area contributed by atoms with Gasteiger partial charge in [-0.3, -0.25) is 14.2 Å². The molecular weight excluding hydrogens is 459 g/mol. The molecule has 7 nitrogen and oxygen atoms in total. The van der Waals surface area contributed by atoms with E-state index in [1.807, 2.05) is 6.07 Å². The Bertz CT molecular complexity index is 1240. The van der Waals surface area contributed by atoms with Crippen LogP contribution in [0.15, 0.2) is 46.3 Å². The highest BCUT2D eigenvalue weighted by atomic mass is 35.5. The summed E-state index contributed by atoms with van der Waals surface area (Å²) in [5.41, 5.74) is 1.02. The first-order valence-corrected chi connectivity index (χ1v) is 10.8. The largest absolute Gasteiger partial charge is 0.383 e. The van der Waals surface area contributed by atoms with Crippen LogP contribution in [0.4, 0.5) is 5.69 Å². The summed E-state index contributed by atoms with van der Waals surface area (Å²) in [4.78, 5) is 30.3. The number of nitriles is 1. The number of hydrogen-bond donors (Lipinski definition) is 1. The van der Waals surface area contributed by atoms with E-state index < -0.39 is 5.25 Å². The molecule has 10 heteroatoms. The van der Waals surface area contributed by atoms with E-state index in [9.17, 15) is 9.59 Å². The molecule has 1 heterocycles. The molecule has 1 unspecified atom stereocenters. The summed E-state index contributed by atoms with van der Waals surface area (Å²) in [5.74, 6) is -0.301. The van der Waals surface area contributed by atoms with Gasteiger partial charge in [-0.15, -0.1) is 0 Å². The average Bonchev–Trinajstić information content (AvgIpc) is 2.73. The van der Waals surface area contributed by atoms with E-state index in [1.165, 1.54) is 16.7 Å². The third kappa shape index (κ3) is 5.38. The number of rotatable bonds is 7. The Morgan fingerprint density at radius 2 is 2.10 bits per heavy atom. The Kier molecular flexibility index (Phi) is 7.57. The Balaban J connectivity index is 1.88. The van der Waals surface area contributed by atoms with E-state index in [1.54, 1.807) is 38.3 Å². The van der Waals surface area contributed by atoms with Crippen molar-refractivity contribution in [3.05, 3.63) is 62.4 Å². The second-order valence-electron chi connectivity index (χ2n) is 6.56. The van der Waals surface area contributed by atoms with Crippen LogP contribution in [0.25, 0.3) is 10.9 Å². The predicted octanol–water partition coefficient (Wildman–Crippen LogP) is 4.34. The van der Waals surface area contributed by atoms with Crippen molar-refractivity contribution >= 4 is 57.5 Å². The quantitative estimate of drug-likeness (QED) is 0.402. The van der Waals surface area contributed by atoms with Gasteiger partial charge in [-0.1, -0.05) is 35.0 Å². The molecule has 0 saturated heterocycles. The molecule has 3 rings (SSSR count). The lowest BCUT2D eigenvalue weighted by Crippen LogP contribution is -2.28. The van der Waals surface area contributed by atoms with Crippen molar-refractivity contribution in [2.45, 2.75) is 23.9 Å². The lowest BCUT2D eigenvalue weighted by atomic mass is 10.2. The highest BCUT2D eigenvalue weighted by molar-refractivity contribution is 8.00. The Labute approximate surface area is 192 Å². The second-order valence-corrected chi connectivity index (χ2v) is 8.71. The topological polar surface area (TPSA) is 97.0 Å².